The molecule has 2 aromatic heterocycles. The van der Waals surface area contributed by atoms with Gasteiger partial charge in [-0.05, 0) is 5.56 Å². The van der Waals surface area contributed by atoms with Crippen LogP contribution in [0, 0.1) is 0 Å². The lowest BCUT2D eigenvalue weighted by molar-refractivity contribution is 0.0919. The fourth-order valence-corrected chi connectivity index (χ4v) is 3.18. The normalized spacial score (nSPS) is 12.1. The Kier molecular flexibility index (Phi) is 5.55. The van der Waals surface area contributed by atoms with E-state index in [9.17, 15) is 4.79 Å². The molecule has 25 heavy (non-hydrogen) atoms. The van der Waals surface area contributed by atoms with Crippen LogP contribution in [0.1, 0.15) is 34.7 Å². The van der Waals surface area contributed by atoms with Gasteiger partial charge in [0.2, 0.25) is 5.76 Å². The van der Waals surface area contributed by atoms with E-state index >= 15 is 0 Å². The van der Waals surface area contributed by atoms with Gasteiger partial charge in [-0.25, -0.2) is 4.98 Å². The maximum Gasteiger partial charge on any atom is 0.289 e. The van der Waals surface area contributed by atoms with Gasteiger partial charge in [-0.1, -0.05) is 54.2 Å². The molecule has 1 N–H and O–H groups in total. The summed E-state index contributed by atoms with van der Waals surface area (Å²) >= 11 is 1.59. The van der Waals surface area contributed by atoms with Gasteiger partial charge in [0.15, 0.2) is 5.16 Å². The second kappa shape index (κ2) is 8.02. The third-order valence-corrected chi connectivity index (χ3v) is 4.95. The van der Waals surface area contributed by atoms with Crippen molar-refractivity contribution in [3.63, 3.8) is 0 Å². The molecule has 0 bridgehead atoms. The molecular weight excluding hydrogens is 336 g/mol. The van der Waals surface area contributed by atoms with Gasteiger partial charge in [0.05, 0.1) is 5.69 Å². The smallest absolute Gasteiger partial charge is 0.289 e. The lowest BCUT2D eigenvalue weighted by Crippen LogP contribution is -2.25. The van der Waals surface area contributed by atoms with Crippen LogP contribution in [0.25, 0.3) is 0 Å². The summed E-state index contributed by atoms with van der Waals surface area (Å²) in [5.41, 5.74) is 1.88. The number of imidazole rings is 1. The molecule has 0 saturated heterocycles. The third kappa shape index (κ3) is 4.30. The first-order chi connectivity index (χ1) is 12.1. The monoisotopic (exact) mass is 356 g/mol. The number of carbonyl (C=O) groups excluding carboxylic acids is 1. The molecule has 0 saturated carbocycles. The van der Waals surface area contributed by atoms with Crippen molar-refractivity contribution < 1.29 is 9.32 Å². The molecule has 0 aliphatic rings. The van der Waals surface area contributed by atoms with Crippen molar-refractivity contribution >= 4 is 17.7 Å². The molecule has 3 rings (SSSR count). The molecule has 1 amide bonds. The second-order valence-electron chi connectivity index (χ2n) is 5.67. The average Bonchev–Trinajstić information content (AvgIpc) is 3.28. The Bertz CT molecular complexity index is 828. The lowest BCUT2D eigenvalue weighted by atomic mass is 9.98. The SMILES string of the molecule is C[C@H](c1ccccc1)c1cc(C(=O)NCCSc2nccn2C)on1. The molecule has 0 unspecified atom stereocenters. The van der Waals surface area contributed by atoms with E-state index in [1.807, 2.05) is 55.1 Å². The molecule has 1 aromatic carbocycles. The maximum absolute atomic E-state index is 12.2. The minimum atomic E-state index is -0.251. The molecule has 0 radical (unpaired) electrons. The van der Waals surface area contributed by atoms with Crippen molar-refractivity contribution in [3.05, 3.63) is 65.8 Å². The van der Waals surface area contributed by atoms with Crippen LogP contribution in [0.2, 0.25) is 0 Å². The van der Waals surface area contributed by atoms with Gasteiger partial charge >= 0.3 is 0 Å². The Morgan fingerprint density at radius 1 is 1.36 bits per heavy atom. The van der Waals surface area contributed by atoms with Crippen LogP contribution in [0.3, 0.4) is 0 Å². The number of thioether (sulfide) groups is 1. The summed E-state index contributed by atoms with van der Waals surface area (Å²) in [6.45, 7) is 2.57. The van der Waals surface area contributed by atoms with Crippen molar-refractivity contribution in [2.45, 2.75) is 18.0 Å². The molecular formula is C18H20N4O2S. The van der Waals surface area contributed by atoms with Crippen molar-refractivity contribution in [1.29, 1.82) is 0 Å². The molecule has 2 heterocycles. The Morgan fingerprint density at radius 2 is 2.16 bits per heavy atom. The zero-order chi connectivity index (χ0) is 17.6. The van der Waals surface area contributed by atoms with Gasteiger partial charge < -0.3 is 14.4 Å². The molecule has 0 aliphatic carbocycles. The zero-order valence-electron chi connectivity index (χ0n) is 14.2. The van der Waals surface area contributed by atoms with Crippen molar-refractivity contribution in [2.75, 3.05) is 12.3 Å². The number of aryl methyl sites for hydroxylation is 1. The van der Waals surface area contributed by atoms with Crippen molar-refractivity contribution in [2.24, 2.45) is 7.05 Å². The number of hydrogen-bond acceptors (Lipinski definition) is 5. The minimum Gasteiger partial charge on any atom is -0.351 e. The summed E-state index contributed by atoms with van der Waals surface area (Å²) in [6.07, 6.45) is 3.65. The van der Waals surface area contributed by atoms with Crippen LogP contribution >= 0.6 is 11.8 Å². The quantitative estimate of drug-likeness (QED) is 0.520. The number of nitrogens with one attached hydrogen (secondary N) is 1. The van der Waals surface area contributed by atoms with E-state index in [0.29, 0.717) is 6.54 Å². The summed E-state index contributed by atoms with van der Waals surface area (Å²) in [6, 6.07) is 11.7. The maximum atomic E-state index is 12.2. The Balaban J connectivity index is 1.51. The molecule has 130 valence electrons. The topological polar surface area (TPSA) is 73.0 Å². The molecule has 0 spiro atoms. The Labute approximate surface area is 150 Å². The third-order valence-electron chi connectivity index (χ3n) is 3.89. The van der Waals surface area contributed by atoms with Crippen LogP contribution in [-0.2, 0) is 7.05 Å². The van der Waals surface area contributed by atoms with Crippen molar-refractivity contribution in [1.82, 2.24) is 20.0 Å². The van der Waals surface area contributed by atoms with Gasteiger partial charge in [0.1, 0.15) is 0 Å². The predicted molar refractivity (Wildman–Crippen MR) is 96.7 cm³/mol. The van der Waals surface area contributed by atoms with E-state index < -0.39 is 0 Å². The standard InChI is InChI=1S/C18H20N4O2S/c1-13(14-6-4-3-5-7-14)15-12-16(24-21-15)17(23)19-9-11-25-18-20-8-10-22(18)2/h3-8,10,12-13H,9,11H2,1-2H3,(H,19,23)/t13-/m1/s1. The van der Waals surface area contributed by atoms with Crippen LogP contribution in [-0.4, -0.2) is 32.9 Å². The van der Waals surface area contributed by atoms with E-state index in [-0.39, 0.29) is 17.6 Å². The summed E-state index contributed by atoms with van der Waals surface area (Å²) in [7, 11) is 1.94. The molecule has 3 aromatic rings. The molecule has 7 heteroatoms. The van der Waals surface area contributed by atoms with Gasteiger partial charge in [-0.2, -0.15) is 0 Å². The highest BCUT2D eigenvalue weighted by atomic mass is 32.2. The summed E-state index contributed by atoms with van der Waals surface area (Å²) in [5, 5.41) is 7.81. The second-order valence-corrected chi connectivity index (χ2v) is 6.74. The van der Waals surface area contributed by atoms with E-state index in [4.69, 9.17) is 4.52 Å². The van der Waals surface area contributed by atoms with E-state index in [2.05, 4.69) is 15.5 Å². The highest BCUT2D eigenvalue weighted by molar-refractivity contribution is 7.99. The zero-order valence-corrected chi connectivity index (χ0v) is 15.0. The first kappa shape index (κ1) is 17.3. The number of benzene rings is 1. The van der Waals surface area contributed by atoms with Crippen LogP contribution < -0.4 is 5.32 Å². The summed E-state index contributed by atoms with van der Waals surface area (Å²) < 4.78 is 7.15. The van der Waals surface area contributed by atoms with Crippen LogP contribution in [0.15, 0.2) is 58.5 Å². The number of rotatable bonds is 7. The number of aromatic nitrogens is 3. The number of hydrogen-bond donors (Lipinski definition) is 1. The largest absolute Gasteiger partial charge is 0.351 e. The lowest BCUT2D eigenvalue weighted by Gasteiger charge is -2.06. The fourth-order valence-electron chi connectivity index (χ4n) is 2.40. The molecule has 6 nitrogen and oxygen atoms in total. The van der Waals surface area contributed by atoms with Crippen LogP contribution in [0.5, 0.6) is 0 Å². The first-order valence-corrected chi connectivity index (χ1v) is 9.03. The number of nitrogens with zero attached hydrogens (tertiary/aromatic N) is 3. The predicted octanol–water partition coefficient (Wildman–Crippen LogP) is 3.08. The average molecular weight is 356 g/mol. The molecule has 1 atom stereocenters. The van der Waals surface area contributed by atoms with E-state index in [1.54, 1.807) is 24.0 Å². The van der Waals surface area contributed by atoms with E-state index in [0.717, 1.165) is 22.2 Å². The Hall–Kier alpha value is -2.54. The van der Waals surface area contributed by atoms with Gasteiger partial charge in [0, 0.05) is 43.7 Å². The first-order valence-electron chi connectivity index (χ1n) is 8.05. The highest BCUT2D eigenvalue weighted by Gasteiger charge is 2.17. The highest BCUT2D eigenvalue weighted by Crippen LogP contribution is 2.23. The van der Waals surface area contributed by atoms with Crippen LogP contribution in [0.4, 0.5) is 0 Å². The molecule has 0 aliphatic heterocycles. The van der Waals surface area contributed by atoms with Gasteiger partial charge in [0.25, 0.3) is 5.91 Å². The fraction of sp³-hybridized carbons (Fsp3) is 0.278. The van der Waals surface area contributed by atoms with Gasteiger partial charge in [-0.15, -0.1) is 0 Å². The summed E-state index contributed by atoms with van der Waals surface area (Å²) in [5.74, 6) is 0.794. The minimum absolute atomic E-state index is 0.0745. The van der Waals surface area contributed by atoms with Gasteiger partial charge in [-0.3, -0.25) is 4.79 Å². The Morgan fingerprint density at radius 3 is 2.88 bits per heavy atom. The molecule has 0 fully saturated rings. The number of carbonyl (C=O) groups is 1. The van der Waals surface area contributed by atoms with Crippen molar-refractivity contribution in [3.8, 4) is 0 Å². The van der Waals surface area contributed by atoms with E-state index in [1.165, 1.54) is 0 Å². The number of amides is 1. The summed E-state index contributed by atoms with van der Waals surface area (Å²) in [4.78, 5) is 16.4.